The van der Waals surface area contributed by atoms with Gasteiger partial charge in [-0.05, 0) is 44.7 Å². The topological polar surface area (TPSA) is 49.8 Å². The molecule has 2 fully saturated rings. The van der Waals surface area contributed by atoms with Crippen molar-refractivity contribution < 1.29 is 41.0 Å². The Labute approximate surface area is 134 Å². The fraction of sp³-hybridized carbons (Fsp3) is 0.929. The van der Waals surface area contributed by atoms with E-state index in [0.29, 0.717) is 38.8 Å². The summed E-state index contributed by atoms with van der Waals surface area (Å²) < 4.78 is 77.7. The van der Waals surface area contributed by atoms with Crippen LogP contribution in [-0.4, -0.2) is 54.3 Å². The average Bonchev–Trinajstić information content (AvgIpc) is 3.19. The van der Waals surface area contributed by atoms with E-state index in [1.807, 2.05) is 4.90 Å². The van der Waals surface area contributed by atoms with Crippen molar-refractivity contribution in [2.24, 2.45) is 11.3 Å². The summed E-state index contributed by atoms with van der Waals surface area (Å²) in [6.07, 6.45) is -10.6. The standard InChI is InChI=1S/C14H19F6NO3/c15-13(16,17)7-9-1-5-21(6-2-9)8-12(3-4-12)10(22)24-11(23)14(18,19)20/h9-10,22H,1-8H2. The van der Waals surface area contributed by atoms with Gasteiger partial charge in [0, 0.05) is 18.4 Å². The van der Waals surface area contributed by atoms with E-state index >= 15 is 0 Å². The molecule has 0 aromatic rings. The van der Waals surface area contributed by atoms with Gasteiger partial charge in [0.2, 0.25) is 6.29 Å². The number of carbonyl (C=O) groups excluding carboxylic acids is 1. The fourth-order valence-electron chi connectivity index (χ4n) is 3.06. The van der Waals surface area contributed by atoms with Crippen LogP contribution in [0.4, 0.5) is 26.3 Å². The molecule has 0 aromatic heterocycles. The lowest BCUT2D eigenvalue weighted by Crippen LogP contribution is -2.44. The van der Waals surface area contributed by atoms with Crippen molar-refractivity contribution in [3.63, 3.8) is 0 Å². The van der Waals surface area contributed by atoms with Crippen molar-refractivity contribution in [1.29, 1.82) is 0 Å². The Morgan fingerprint density at radius 3 is 2.12 bits per heavy atom. The number of hydrogen-bond donors (Lipinski definition) is 1. The van der Waals surface area contributed by atoms with Gasteiger partial charge >= 0.3 is 18.3 Å². The molecule has 24 heavy (non-hydrogen) atoms. The molecule has 1 N–H and O–H groups in total. The lowest BCUT2D eigenvalue weighted by atomic mass is 9.92. The molecule has 2 aliphatic rings. The van der Waals surface area contributed by atoms with Crippen LogP contribution < -0.4 is 0 Å². The molecule has 4 nitrogen and oxygen atoms in total. The van der Waals surface area contributed by atoms with Gasteiger partial charge in [0.25, 0.3) is 0 Å². The van der Waals surface area contributed by atoms with E-state index in [4.69, 9.17) is 0 Å². The molecule has 1 saturated heterocycles. The molecule has 140 valence electrons. The zero-order valence-electron chi connectivity index (χ0n) is 12.8. The van der Waals surface area contributed by atoms with Gasteiger partial charge in [0.1, 0.15) is 0 Å². The van der Waals surface area contributed by atoms with Crippen LogP contribution in [0.5, 0.6) is 0 Å². The monoisotopic (exact) mass is 363 g/mol. The Morgan fingerprint density at radius 1 is 1.17 bits per heavy atom. The number of aliphatic hydroxyl groups is 1. The van der Waals surface area contributed by atoms with Crippen LogP contribution in [-0.2, 0) is 9.53 Å². The van der Waals surface area contributed by atoms with Gasteiger partial charge in [-0.1, -0.05) is 0 Å². The first-order valence-electron chi connectivity index (χ1n) is 7.66. The van der Waals surface area contributed by atoms with Crippen LogP contribution in [0.15, 0.2) is 0 Å². The third-order valence-electron chi connectivity index (χ3n) is 4.63. The molecule has 0 amide bonds. The van der Waals surface area contributed by atoms with Gasteiger partial charge in [-0.25, -0.2) is 4.79 Å². The Hall–Kier alpha value is -1.03. The number of rotatable bonds is 5. The summed E-state index contributed by atoms with van der Waals surface area (Å²) in [6, 6.07) is 0. The van der Waals surface area contributed by atoms with Crippen LogP contribution in [0.3, 0.4) is 0 Å². The van der Waals surface area contributed by atoms with Crippen LogP contribution >= 0.6 is 0 Å². The number of esters is 1. The van der Waals surface area contributed by atoms with E-state index < -0.39 is 42.4 Å². The average molecular weight is 363 g/mol. The van der Waals surface area contributed by atoms with Crippen molar-refractivity contribution in [2.75, 3.05) is 19.6 Å². The van der Waals surface area contributed by atoms with Crippen molar-refractivity contribution in [2.45, 2.75) is 50.7 Å². The quantitative estimate of drug-likeness (QED) is 0.464. The third-order valence-corrected chi connectivity index (χ3v) is 4.63. The van der Waals surface area contributed by atoms with Crippen molar-refractivity contribution in [1.82, 2.24) is 4.90 Å². The number of likely N-dealkylation sites (tertiary alicyclic amines) is 1. The van der Waals surface area contributed by atoms with Crippen molar-refractivity contribution >= 4 is 5.97 Å². The fourth-order valence-corrected chi connectivity index (χ4v) is 3.06. The van der Waals surface area contributed by atoms with Crippen LogP contribution in [0.2, 0.25) is 0 Å². The molecule has 1 atom stereocenters. The number of hydrogen-bond acceptors (Lipinski definition) is 4. The summed E-state index contributed by atoms with van der Waals surface area (Å²) in [7, 11) is 0. The summed E-state index contributed by atoms with van der Waals surface area (Å²) in [5, 5.41) is 9.79. The molecule has 1 unspecified atom stereocenters. The molecule has 0 spiro atoms. The van der Waals surface area contributed by atoms with Crippen LogP contribution in [0.1, 0.15) is 32.1 Å². The predicted octanol–water partition coefficient (Wildman–Crippen LogP) is 2.85. The minimum absolute atomic E-state index is 0.206. The van der Waals surface area contributed by atoms with E-state index in [2.05, 4.69) is 4.74 Å². The van der Waals surface area contributed by atoms with Crippen molar-refractivity contribution in [3.05, 3.63) is 0 Å². The Balaban J connectivity index is 1.80. The molecule has 0 aromatic carbocycles. The number of nitrogens with zero attached hydrogens (tertiary/aromatic N) is 1. The SMILES string of the molecule is O=C(OC(O)C1(CN2CCC(CC(F)(F)F)CC2)CC1)C(F)(F)F. The normalized spacial score (nSPS) is 23.8. The Kier molecular flexibility index (Phi) is 5.39. The molecule has 0 bridgehead atoms. The number of alkyl halides is 6. The minimum Gasteiger partial charge on any atom is -0.429 e. The number of halogens is 6. The van der Waals surface area contributed by atoms with E-state index in [9.17, 15) is 36.2 Å². The van der Waals surface area contributed by atoms with Crippen molar-refractivity contribution in [3.8, 4) is 0 Å². The molecular weight excluding hydrogens is 344 g/mol. The number of aliphatic hydroxyl groups excluding tert-OH is 1. The maximum absolute atomic E-state index is 12.4. The first-order valence-corrected chi connectivity index (χ1v) is 7.66. The highest BCUT2D eigenvalue weighted by Gasteiger charge is 2.54. The number of piperidine rings is 1. The molecule has 0 radical (unpaired) electrons. The van der Waals surface area contributed by atoms with Crippen LogP contribution in [0.25, 0.3) is 0 Å². The zero-order valence-corrected chi connectivity index (χ0v) is 12.8. The van der Waals surface area contributed by atoms with Gasteiger partial charge in [0.05, 0.1) is 0 Å². The lowest BCUT2D eigenvalue weighted by molar-refractivity contribution is -0.228. The second kappa shape index (κ2) is 6.70. The van der Waals surface area contributed by atoms with Gasteiger partial charge in [-0.15, -0.1) is 0 Å². The second-order valence-corrected chi connectivity index (χ2v) is 6.66. The molecule has 1 aliphatic carbocycles. The highest BCUT2D eigenvalue weighted by atomic mass is 19.4. The summed E-state index contributed by atoms with van der Waals surface area (Å²) in [6.45, 7) is 0.961. The highest BCUT2D eigenvalue weighted by Crippen LogP contribution is 2.50. The predicted molar refractivity (Wildman–Crippen MR) is 69.7 cm³/mol. The number of carbonyl (C=O) groups is 1. The summed E-state index contributed by atoms with van der Waals surface area (Å²) in [4.78, 5) is 12.6. The first kappa shape index (κ1) is 19.3. The lowest BCUT2D eigenvalue weighted by Gasteiger charge is -2.35. The molecule has 1 saturated carbocycles. The smallest absolute Gasteiger partial charge is 0.429 e. The Bertz CT molecular complexity index is 452. The van der Waals surface area contributed by atoms with Gasteiger partial charge < -0.3 is 14.7 Å². The molecular formula is C14H19F6NO3. The summed E-state index contributed by atoms with van der Waals surface area (Å²) >= 11 is 0. The zero-order chi connectivity index (χ0) is 18.2. The summed E-state index contributed by atoms with van der Waals surface area (Å²) in [5.74, 6) is -2.89. The number of ether oxygens (including phenoxy) is 1. The van der Waals surface area contributed by atoms with Crippen LogP contribution in [0, 0.1) is 11.3 Å². The van der Waals surface area contributed by atoms with E-state index in [0.717, 1.165) is 0 Å². The molecule has 10 heteroatoms. The molecule has 1 aliphatic heterocycles. The van der Waals surface area contributed by atoms with E-state index in [1.165, 1.54) is 0 Å². The Morgan fingerprint density at radius 2 is 1.71 bits per heavy atom. The van der Waals surface area contributed by atoms with Gasteiger partial charge in [-0.3, -0.25) is 0 Å². The van der Waals surface area contributed by atoms with E-state index in [1.54, 1.807) is 0 Å². The van der Waals surface area contributed by atoms with Gasteiger partial charge in [0.15, 0.2) is 0 Å². The first-order chi connectivity index (χ1) is 10.9. The summed E-state index contributed by atoms with van der Waals surface area (Å²) in [5.41, 5.74) is -0.947. The maximum Gasteiger partial charge on any atom is 0.491 e. The van der Waals surface area contributed by atoms with E-state index in [-0.39, 0.29) is 6.54 Å². The second-order valence-electron chi connectivity index (χ2n) is 6.66. The van der Waals surface area contributed by atoms with Gasteiger partial charge in [-0.2, -0.15) is 26.3 Å². The largest absolute Gasteiger partial charge is 0.491 e. The molecule has 1 heterocycles. The molecule has 2 rings (SSSR count). The minimum atomic E-state index is -5.17. The maximum atomic E-state index is 12.4. The third kappa shape index (κ3) is 5.23. The highest BCUT2D eigenvalue weighted by molar-refractivity contribution is 5.75.